The molecule has 0 aliphatic rings. The highest BCUT2D eigenvalue weighted by molar-refractivity contribution is 6.32. The maximum atomic E-state index is 13.7. The average Bonchev–Trinajstić information content (AvgIpc) is 3.30. The van der Waals surface area contributed by atoms with Gasteiger partial charge in [-0.2, -0.15) is 5.10 Å². The van der Waals surface area contributed by atoms with Gasteiger partial charge in [-0.1, -0.05) is 73.5 Å². The smallest absolute Gasteiger partial charge is 0.254 e. The molecule has 2 amide bonds. The molecule has 0 unspecified atom stereocenters. The second-order valence-electron chi connectivity index (χ2n) is 8.28. The third-order valence-electron chi connectivity index (χ3n) is 5.60. The Morgan fingerprint density at radius 2 is 1.75 bits per heavy atom. The fourth-order valence-corrected chi connectivity index (χ4v) is 4.00. The van der Waals surface area contributed by atoms with Crippen molar-refractivity contribution in [3.8, 4) is 16.9 Å². The van der Waals surface area contributed by atoms with Crippen molar-refractivity contribution < 1.29 is 14.0 Å². The molecule has 8 heteroatoms. The number of nitrogens with zero attached hydrogens (tertiary/aromatic N) is 3. The monoisotopic (exact) mass is 504 g/mol. The lowest BCUT2D eigenvalue weighted by atomic mass is 10.1. The van der Waals surface area contributed by atoms with Crippen LogP contribution in [0.1, 0.15) is 30.1 Å². The number of para-hydroxylation sites is 1. The minimum absolute atomic E-state index is 0.191. The number of amides is 2. The summed E-state index contributed by atoms with van der Waals surface area (Å²) in [5.41, 5.74) is 2.34. The van der Waals surface area contributed by atoms with Crippen molar-refractivity contribution in [1.29, 1.82) is 0 Å². The fourth-order valence-electron chi connectivity index (χ4n) is 3.79. The van der Waals surface area contributed by atoms with E-state index in [1.807, 2.05) is 49.4 Å². The number of carbonyl (C=O) groups excluding carboxylic acids is 2. The van der Waals surface area contributed by atoms with Crippen molar-refractivity contribution >= 4 is 29.2 Å². The molecule has 4 rings (SSSR count). The fraction of sp³-hybridized carbons (Fsp3) is 0.179. The van der Waals surface area contributed by atoms with Crippen molar-refractivity contribution in [1.82, 2.24) is 14.7 Å². The predicted molar refractivity (Wildman–Crippen MR) is 140 cm³/mol. The number of hydrogen-bond acceptors (Lipinski definition) is 3. The van der Waals surface area contributed by atoms with Gasteiger partial charge in [-0.25, -0.2) is 9.07 Å². The highest BCUT2D eigenvalue weighted by atomic mass is 35.5. The van der Waals surface area contributed by atoms with Crippen LogP contribution in [0.2, 0.25) is 5.02 Å². The SMILES string of the molecule is CCCCN(CC(=O)Nc1cc(-c2ccccc2)nn1-c1ccccc1Cl)C(=O)c1cccc(F)c1. The lowest BCUT2D eigenvalue weighted by molar-refractivity contribution is -0.116. The maximum Gasteiger partial charge on any atom is 0.254 e. The van der Waals surface area contributed by atoms with Crippen LogP contribution < -0.4 is 5.32 Å². The van der Waals surface area contributed by atoms with Crippen molar-refractivity contribution in [3.05, 3.63) is 101 Å². The number of nitrogens with one attached hydrogen (secondary N) is 1. The Morgan fingerprint density at radius 1 is 1.00 bits per heavy atom. The van der Waals surface area contributed by atoms with E-state index in [1.54, 1.807) is 28.9 Å². The molecule has 6 nitrogen and oxygen atoms in total. The van der Waals surface area contributed by atoms with Crippen molar-refractivity contribution in [2.75, 3.05) is 18.4 Å². The van der Waals surface area contributed by atoms with Crippen molar-refractivity contribution in [3.63, 3.8) is 0 Å². The minimum Gasteiger partial charge on any atom is -0.329 e. The summed E-state index contributed by atoms with van der Waals surface area (Å²) >= 11 is 6.43. The topological polar surface area (TPSA) is 67.2 Å². The van der Waals surface area contributed by atoms with Gasteiger partial charge >= 0.3 is 0 Å². The number of unbranched alkanes of at least 4 members (excludes halogenated alkanes) is 1. The Morgan fingerprint density at radius 3 is 2.47 bits per heavy atom. The van der Waals surface area contributed by atoms with Gasteiger partial charge in [0.2, 0.25) is 5.91 Å². The highest BCUT2D eigenvalue weighted by Gasteiger charge is 2.21. The van der Waals surface area contributed by atoms with Crippen LogP contribution in [0.4, 0.5) is 10.2 Å². The molecule has 1 aromatic heterocycles. The lowest BCUT2D eigenvalue weighted by Gasteiger charge is -2.22. The third-order valence-corrected chi connectivity index (χ3v) is 5.92. The van der Waals surface area contributed by atoms with Crippen LogP contribution in [0.5, 0.6) is 0 Å². The van der Waals surface area contributed by atoms with Gasteiger partial charge in [0.1, 0.15) is 18.2 Å². The standard InChI is InChI=1S/C28H26ClFN4O2/c1-2-3-16-33(28(36)21-12-9-13-22(30)17-21)19-27(35)31-26-18-24(20-10-5-4-6-11-20)32-34(26)25-15-8-7-14-23(25)29/h4-15,17-18H,2-3,16,19H2,1H3,(H,31,35). The molecule has 36 heavy (non-hydrogen) atoms. The van der Waals surface area contributed by atoms with Gasteiger partial charge in [-0.15, -0.1) is 0 Å². The molecule has 0 saturated heterocycles. The van der Waals surface area contributed by atoms with E-state index in [0.29, 0.717) is 35.2 Å². The van der Waals surface area contributed by atoms with Crippen LogP contribution in [-0.2, 0) is 4.79 Å². The predicted octanol–water partition coefficient (Wildman–Crippen LogP) is 6.21. The van der Waals surface area contributed by atoms with E-state index in [1.165, 1.54) is 23.1 Å². The van der Waals surface area contributed by atoms with Crippen LogP contribution in [0.25, 0.3) is 16.9 Å². The molecule has 0 saturated carbocycles. The summed E-state index contributed by atoms with van der Waals surface area (Å²) in [5, 5.41) is 8.04. The molecule has 0 radical (unpaired) electrons. The zero-order valence-electron chi connectivity index (χ0n) is 19.8. The normalized spacial score (nSPS) is 10.8. The zero-order valence-corrected chi connectivity index (χ0v) is 20.6. The Balaban J connectivity index is 1.61. The van der Waals surface area contributed by atoms with E-state index >= 15 is 0 Å². The number of benzene rings is 3. The Kier molecular flexibility index (Phi) is 8.13. The first kappa shape index (κ1) is 25.1. The second-order valence-corrected chi connectivity index (χ2v) is 8.69. The van der Waals surface area contributed by atoms with Gasteiger partial charge in [0.25, 0.3) is 5.91 Å². The first-order valence-electron chi connectivity index (χ1n) is 11.7. The molecule has 0 atom stereocenters. The van der Waals surface area contributed by atoms with Gasteiger partial charge < -0.3 is 10.2 Å². The molecule has 4 aromatic rings. The van der Waals surface area contributed by atoms with E-state index < -0.39 is 17.6 Å². The molecule has 3 aromatic carbocycles. The molecule has 0 bridgehead atoms. The number of aromatic nitrogens is 2. The second kappa shape index (κ2) is 11.6. The largest absolute Gasteiger partial charge is 0.329 e. The molecular weight excluding hydrogens is 479 g/mol. The quantitative estimate of drug-likeness (QED) is 0.294. The van der Waals surface area contributed by atoms with Crippen LogP contribution >= 0.6 is 11.6 Å². The maximum absolute atomic E-state index is 13.7. The first-order valence-corrected chi connectivity index (χ1v) is 12.1. The van der Waals surface area contributed by atoms with Crippen LogP contribution in [0.3, 0.4) is 0 Å². The third kappa shape index (κ3) is 5.98. The van der Waals surface area contributed by atoms with Crippen LogP contribution in [0, 0.1) is 5.82 Å². The molecule has 0 spiro atoms. The summed E-state index contributed by atoms with van der Waals surface area (Å²) in [4.78, 5) is 27.6. The lowest BCUT2D eigenvalue weighted by Crippen LogP contribution is -2.39. The van der Waals surface area contributed by atoms with Crippen LogP contribution in [-0.4, -0.2) is 39.6 Å². The average molecular weight is 505 g/mol. The molecular formula is C28H26ClFN4O2. The summed E-state index contributed by atoms with van der Waals surface area (Å²) in [6.07, 6.45) is 1.55. The van der Waals surface area contributed by atoms with Crippen LogP contribution in [0.15, 0.2) is 84.9 Å². The van der Waals surface area contributed by atoms with Crippen molar-refractivity contribution in [2.45, 2.75) is 19.8 Å². The molecule has 0 aliphatic carbocycles. The highest BCUT2D eigenvalue weighted by Crippen LogP contribution is 2.28. The van der Waals surface area contributed by atoms with Crippen molar-refractivity contribution in [2.24, 2.45) is 0 Å². The number of hydrogen-bond donors (Lipinski definition) is 1. The number of halogens is 2. The zero-order chi connectivity index (χ0) is 25.5. The van der Waals surface area contributed by atoms with E-state index in [2.05, 4.69) is 10.4 Å². The summed E-state index contributed by atoms with van der Waals surface area (Å²) in [5.74, 6) is -0.884. The van der Waals surface area contributed by atoms with E-state index in [-0.39, 0.29) is 12.1 Å². The molecule has 1 N–H and O–H groups in total. The molecule has 184 valence electrons. The van der Waals surface area contributed by atoms with Gasteiger partial charge in [-0.05, 0) is 36.8 Å². The van der Waals surface area contributed by atoms with Gasteiger partial charge in [0.15, 0.2) is 0 Å². The summed E-state index contributed by atoms with van der Waals surface area (Å²) in [6, 6.07) is 24.0. The number of rotatable bonds is 9. The molecule has 0 aliphatic heterocycles. The Hall–Kier alpha value is -3.97. The summed E-state index contributed by atoms with van der Waals surface area (Å²) in [7, 11) is 0. The summed E-state index contributed by atoms with van der Waals surface area (Å²) in [6.45, 7) is 2.18. The number of anilines is 1. The first-order chi connectivity index (χ1) is 17.5. The van der Waals surface area contributed by atoms with E-state index in [4.69, 9.17) is 11.6 Å². The molecule has 0 fully saturated rings. The summed E-state index contributed by atoms with van der Waals surface area (Å²) < 4.78 is 15.3. The molecule has 1 heterocycles. The van der Waals surface area contributed by atoms with Gasteiger partial charge in [0, 0.05) is 23.7 Å². The Bertz CT molecular complexity index is 1360. The number of carbonyl (C=O) groups is 2. The van der Waals surface area contributed by atoms with E-state index in [0.717, 1.165) is 12.0 Å². The minimum atomic E-state index is -0.502. The van der Waals surface area contributed by atoms with E-state index in [9.17, 15) is 14.0 Å². The van der Waals surface area contributed by atoms with Gasteiger partial charge in [-0.3, -0.25) is 9.59 Å². The Labute approximate surface area is 214 Å². The van der Waals surface area contributed by atoms with Gasteiger partial charge in [0.05, 0.1) is 16.4 Å².